The van der Waals surface area contributed by atoms with Crippen LogP contribution < -0.4 is 4.72 Å². The Balaban J connectivity index is 1.68. The van der Waals surface area contributed by atoms with Gasteiger partial charge in [0.25, 0.3) is 0 Å². The molecular formula is C24H21NO2S. The first-order valence-corrected chi connectivity index (χ1v) is 11.4. The lowest BCUT2D eigenvalue weighted by Gasteiger charge is -2.14. The number of anilines is 1. The van der Waals surface area contributed by atoms with Gasteiger partial charge in [-0.05, 0) is 69.9 Å². The number of sulfonamides is 1. The Hall–Kier alpha value is -2.85. The van der Waals surface area contributed by atoms with E-state index in [1.165, 1.54) is 40.5 Å². The van der Waals surface area contributed by atoms with Crippen LogP contribution in [0, 0.1) is 0 Å². The van der Waals surface area contributed by atoms with E-state index >= 15 is 0 Å². The zero-order valence-corrected chi connectivity index (χ0v) is 16.4. The lowest BCUT2D eigenvalue weighted by Crippen LogP contribution is -2.09. The quantitative estimate of drug-likeness (QED) is 0.669. The molecule has 0 unspecified atom stereocenters. The first-order valence-electron chi connectivity index (χ1n) is 9.48. The zero-order chi connectivity index (χ0) is 19.3. The molecular weight excluding hydrogens is 366 g/mol. The minimum atomic E-state index is -3.30. The number of rotatable bonds is 3. The second-order valence-corrected chi connectivity index (χ2v) is 9.43. The lowest BCUT2D eigenvalue weighted by atomic mass is 9.90. The first-order chi connectivity index (χ1) is 13.5. The third-order valence-corrected chi connectivity index (χ3v) is 6.20. The molecule has 3 nitrogen and oxygen atoms in total. The summed E-state index contributed by atoms with van der Waals surface area (Å²) >= 11 is 0. The van der Waals surface area contributed by atoms with E-state index in [0.717, 1.165) is 5.56 Å². The molecule has 0 spiro atoms. The van der Waals surface area contributed by atoms with E-state index in [1.807, 2.05) is 18.2 Å². The Morgan fingerprint density at radius 3 is 2.07 bits per heavy atom. The van der Waals surface area contributed by atoms with Crippen molar-refractivity contribution in [3.8, 4) is 0 Å². The Bertz CT molecular complexity index is 1160. The molecule has 3 aromatic rings. The van der Waals surface area contributed by atoms with E-state index in [2.05, 4.69) is 59.3 Å². The van der Waals surface area contributed by atoms with Gasteiger partial charge in [0.05, 0.1) is 6.26 Å². The van der Waals surface area contributed by atoms with E-state index in [-0.39, 0.29) is 0 Å². The minimum Gasteiger partial charge on any atom is -0.284 e. The van der Waals surface area contributed by atoms with Crippen LogP contribution in [0.2, 0.25) is 0 Å². The molecule has 0 aliphatic heterocycles. The van der Waals surface area contributed by atoms with E-state index in [0.29, 0.717) is 17.5 Å². The van der Waals surface area contributed by atoms with E-state index in [4.69, 9.17) is 0 Å². The molecule has 2 aliphatic carbocycles. The number of fused-ring (bicyclic) bond motifs is 5. The summed E-state index contributed by atoms with van der Waals surface area (Å²) in [5.41, 5.74) is 8.15. The number of hydrogen-bond donors (Lipinski definition) is 1. The molecule has 3 aromatic carbocycles. The molecule has 28 heavy (non-hydrogen) atoms. The molecule has 1 fully saturated rings. The van der Waals surface area contributed by atoms with Crippen LogP contribution in [0.5, 0.6) is 0 Å². The topological polar surface area (TPSA) is 46.2 Å². The molecule has 0 heterocycles. The maximum absolute atomic E-state index is 11.6. The van der Waals surface area contributed by atoms with Crippen LogP contribution in [-0.4, -0.2) is 14.7 Å². The summed E-state index contributed by atoms with van der Waals surface area (Å²) in [6.07, 6.45) is 4.56. The highest BCUT2D eigenvalue weighted by atomic mass is 32.2. The van der Waals surface area contributed by atoms with Gasteiger partial charge in [-0.3, -0.25) is 4.72 Å². The number of nitrogens with one attached hydrogen (secondary N) is 1. The zero-order valence-electron chi connectivity index (χ0n) is 15.6. The van der Waals surface area contributed by atoms with Crippen LogP contribution in [0.25, 0.3) is 11.6 Å². The van der Waals surface area contributed by atoms with Gasteiger partial charge in [0, 0.05) is 5.69 Å². The Labute approximate surface area is 165 Å². The highest BCUT2D eigenvalue weighted by Crippen LogP contribution is 2.60. The van der Waals surface area contributed by atoms with Crippen molar-refractivity contribution in [1.29, 1.82) is 0 Å². The molecule has 2 aliphatic rings. The van der Waals surface area contributed by atoms with Crippen LogP contribution >= 0.6 is 0 Å². The van der Waals surface area contributed by atoms with Crippen molar-refractivity contribution in [2.24, 2.45) is 0 Å². The summed E-state index contributed by atoms with van der Waals surface area (Å²) in [6.45, 7) is 0. The fourth-order valence-electron chi connectivity index (χ4n) is 4.39. The molecule has 140 valence electrons. The van der Waals surface area contributed by atoms with E-state index in [1.54, 1.807) is 6.07 Å². The van der Waals surface area contributed by atoms with Crippen molar-refractivity contribution in [1.82, 2.24) is 0 Å². The van der Waals surface area contributed by atoms with Crippen molar-refractivity contribution >= 4 is 27.4 Å². The molecule has 0 amide bonds. The molecule has 1 saturated carbocycles. The van der Waals surface area contributed by atoms with Gasteiger partial charge in [-0.2, -0.15) is 0 Å². The van der Waals surface area contributed by atoms with Gasteiger partial charge in [0.2, 0.25) is 10.0 Å². The van der Waals surface area contributed by atoms with Crippen LogP contribution in [-0.2, 0) is 10.0 Å². The fraction of sp³-hybridized carbons (Fsp3) is 0.167. The van der Waals surface area contributed by atoms with Crippen LogP contribution in [0.4, 0.5) is 5.69 Å². The average Bonchev–Trinajstić information content (AvgIpc) is 3.46. The second kappa shape index (κ2) is 6.35. The smallest absolute Gasteiger partial charge is 0.229 e. The van der Waals surface area contributed by atoms with Crippen LogP contribution in [0.15, 0.2) is 72.8 Å². The Morgan fingerprint density at radius 1 is 0.857 bits per heavy atom. The van der Waals surface area contributed by atoms with Gasteiger partial charge in [0.15, 0.2) is 0 Å². The maximum atomic E-state index is 11.6. The molecule has 0 bridgehead atoms. The highest BCUT2D eigenvalue weighted by Gasteiger charge is 2.44. The predicted molar refractivity (Wildman–Crippen MR) is 115 cm³/mol. The normalized spacial score (nSPS) is 21.2. The standard InChI is InChI=1S/C24H21NO2S/c1-28(26,27)25-17-8-6-7-16(13-17)14-22-18-9-2-4-11-20(18)23-15-24(23)21-12-5-3-10-19(21)22/h2-14,23-25H,15H2,1H3/t23-,24+. The monoisotopic (exact) mass is 387 g/mol. The highest BCUT2D eigenvalue weighted by molar-refractivity contribution is 7.92. The number of benzene rings is 3. The van der Waals surface area contributed by atoms with Crippen molar-refractivity contribution in [3.63, 3.8) is 0 Å². The van der Waals surface area contributed by atoms with Crippen molar-refractivity contribution in [2.75, 3.05) is 11.0 Å². The molecule has 5 rings (SSSR count). The molecule has 0 aromatic heterocycles. The maximum Gasteiger partial charge on any atom is 0.229 e. The van der Waals surface area contributed by atoms with Crippen molar-refractivity contribution in [2.45, 2.75) is 18.3 Å². The van der Waals surface area contributed by atoms with Crippen molar-refractivity contribution in [3.05, 3.63) is 101 Å². The van der Waals surface area contributed by atoms with E-state index < -0.39 is 10.0 Å². The summed E-state index contributed by atoms with van der Waals surface area (Å²) in [5, 5.41) is 0. The third-order valence-electron chi connectivity index (χ3n) is 5.59. The Morgan fingerprint density at radius 2 is 1.46 bits per heavy atom. The first kappa shape index (κ1) is 17.3. The molecule has 2 atom stereocenters. The van der Waals surface area contributed by atoms with Gasteiger partial charge in [0.1, 0.15) is 0 Å². The fourth-order valence-corrected chi connectivity index (χ4v) is 4.94. The lowest BCUT2D eigenvalue weighted by molar-refractivity contribution is 0.607. The van der Waals surface area contributed by atoms with Gasteiger partial charge in [-0.15, -0.1) is 0 Å². The summed E-state index contributed by atoms with van der Waals surface area (Å²) in [4.78, 5) is 0. The van der Waals surface area contributed by atoms with Crippen LogP contribution in [0.1, 0.15) is 46.1 Å². The SMILES string of the molecule is CS(=O)(=O)Nc1cccc(C=C2c3ccccc3[C@H]3C[C@H]3c3ccccc32)c1. The van der Waals surface area contributed by atoms with Crippen LogP contribution in [0.3, 0.4) is 0 Å². The minimum absolute atomic E-state index is 0.579. The summed E-state index contributed by atoms with van der Waals surface area (Å²) < 4.78 is 25.7. The summed E-state index contributed by atoms with van der Waals surface area (Å²) in [6, 6.07) is 24.9. The van der Waals surface area contributed by atoms with Crippen molar-refractivity contribution < 1.29 is 8.42 Å². The molecule has 1 N–H and O–H groups in total. The molecule has 0 saturated heterocycles. The van der Waals surface area contributed by atoms with Gasteiger partial charge in [-0.25, -0.2) is 8.42 Å². The average molecular weight is 388 g/mol. The van der Waals surface area contributed by atoms with E-state index in [9.17, 15) is 8.42 Å². The molecule has 0 radical (unpaired) electrons. The Kier molecular flexibility index (Phi) is 3.91. The largest absolute Gasteiger partial charge is 0.284 e. The van der Waals surface area contributed by atoms with Gasteiger partial charge >= 0.3 is 0 Å². The summed E-state index contributed by atoms with van der Waals surface area (Å²) in [5.74, 6) is 1.20. The molecule has 4 heteroatoms. The third kappa shape index (κ3) is 3.14. The summed E-state index contributed by atoms with van der Waals surface area (Å²) in [7, 11) is -3.30. The predicted octanol–water partition coefficient (Wildman–Crippen LogP) is 5.23. The number of hydrogen-bond acceptors (Lipinski definition) is 2. The van der Waals surface area contributed by atoms with Gasteiger partial charge in [-0.1, -0.05) is 60.7 Å². The van der Waals surface area contributed by atoms with Gasteiger partial charge < -0.3 is 0 Å². The second-order valence-electron chi connectivity index (χ2n) is 7.68.